The lowest BCUT2D eigenvalue weighted by atomic mass is 10.1. The number of hydrogen-bond acceptors (Lipinski definition) is 9. The molecule has 0 unspecified atom stereocenters. The van der Waals surface area contributed by atoms with Crippen molar-refractivity contribution in [2.45, 2.75) is 4.90 Å². The molecule has 14 heteroatoms. The van der Waals surface area contributed by atoms with Crippen LogP contribution in [-0.2, 0) is 14.8 Å². The second kappa shape index (κ2) is 8.67. The van der Waals surface area contributed by atoms with Crippen LogP contribution in [0.5, 0.6) is 0 Å². The average molecular weight is 482 g/mol. The molecule has 0 bridgehead atoms. The first-order valence-corrected chi connectivity index (χ1v) is 11.0. The smallest absolute Gasteiger partial charge is 0.282 e. The fourth-order valence-electron chi connectivity index (χ4n) is 3.20. The van der Waals surface area contributed by atoms with Crippen LogP contribution in [0.3, 0.4) is 0 Å². The van der Waals surface area contributed by atoms with Crippen molar-refractivity contribution < 1.29 is 27.7 Å². The maximum Gasteiger partial charge on any atom is 0.282 e. The number of anilines is 2. The summed E-state index contributed by atoms with van der Waals surface area (Å²) in [5.74, 6) is -2.64. The number of hydrogen-bond donors (Lipinski definition) is 2. The molecule has 2 N–H and O–H groups in total. The molecule has 13 nitrogen and oxygen atoms in total. The van der Waals surface area contributed by atoms with E-state index in [4.69, 9.17) is 0 Å². The maximum atomic E-state index is 12.6. The highest BCUT2D eigenvalue weighted by Gasteiger charge is 2.41. The maximum absolute atomic E-state index is 12.6. The van der Waals surface area contributed by atoms with Crippen LogP contribution in [0.1, 0.15) is 20.7 Å². The van der Waals surface area contributed by atoms with Gasteiger partial charge in [-0.2, -0.15) is 0 Å². The number of benzene rings is 2. The molecule has 0 fully saturated rings. The van der Waals surface area contributed by atoms with Gasteiger partial charge < -0.3 is 5.32 Å². The van der Waals surface area contributed by atoms with E-state index < -0.39 is 44.9 Å². The van der Waals surface area contributed by atoms with Gasteiger partial charge in [0, 0.05) is 24.1 Å². The summed E-state index contributed by atoms with van der Waals surface area (Å²) in [7, 11) is -3.97. The average Bonchev–Trinajstić information content (AvgIpc) is 3.04. The zero-order chi connectivity index (χ0) is 24.5. The molecule has 0 radical (unpaired) electrons. The first-order chi connectivity index (χ1) is 16.2. The molecule has 34 heavy (non-hydrogen) atoms. The highest BCUT2D eigenvalue weighted by atomic mass is 32.2. The number of nitrogens with zero attached hydrogens (tertiary/aromatic N) is 4. The first kappa shape index (κ1) is 22.5. The van der Waals surface area contributed by atoms with Crippen LogP contribution in [0.15, 0.2) is 65.8 Å². The van der Waals surface area contributed by atoms with E-state index >= 15 is 0 Å². The monoisotopic (exact) mass is 482 g/mol. The number of rotatable bonds is 7. The summed E-state index contributed by atoms with van der Waals surface area (Å²) in [6.07, 6.45) is 2.74. The lowest BCUT2D eigenvalue weighted by Crippen LogP contribution is -2.37. The van der Waals surface area contributed by atoms with Crippen LogP contribution >= 0.6 is 0 Å². The van der Waals surface area contributed by atoms with Gasteiger partial charge in [-0.05, 0) is 36.4 Å². The van der Waals surface area contributed by atoms with Crippen molar-refractivity contribution in [3.8, 4) is 0 Å². The fourth-order valence-corrected chi connectivity index (χ4v) is 4.16. The molecule has 2 heterocycles. The Balaban J connectivity index is 1.44. The van der Waals surface area contributed by atoms with Crippen molar-refractivity contribution in [1.29, 1.82) is 0 Å². The molecule has 0 saturated carbocycles. The van der Waals surface area contributed by atoms with Crippen LogP contribution < -0.4 is 10.0 Å². The number of nitro benzene ring substituents is 1. The van der Waals surface area contributed by atoms with Gasteiger partial charge in [0.2, 0.25) is 11.9 Å². The number of fused-ring (bicyclic) bond motifs is 1. The standard InChI is InChI=1S/C20H14N6O7S/c27-16(11-25-18(28)14-3-1-4-15(26(30)31)17(14)19(25)29)23-12-5-7-13(8-6-12)34(32,33)24-20-21-9-2-10-22-20/h1-10H,11H2,(H,23,27)(H,21,22,24). The van der Waals surface area contributed by atoms with Gasteiger partial charge in [0.05, 0.1) is 15.4 Å². The van der Waals surface area contributed by atoms with E-state index in [0.717, 1.165) is 6.07 Å². The van der Waals surface area contributed by atoms with E-state index in [0.29, 0.717) is 4.90 Å². The van der Waals surface area contributed by atoms with E-state index in [2.05, 4.69) is 20.0 Å². The lowest BCUT2D eigenvalue weighted by Gasteiger charge is -2.14. The molecule has 4 rings (SSSR count). The number of aromatic nitrogens is 2. The Morgan fingerprint density at radius 1 is 1.00 bits per heavy atom. The molecule has 3 aromatic rings. The van der Waals surface area contributed by atoms with E-state index in [9.17, 15) is 32.9 Å². The molecule has 0 atom stereocenters. The van der Waals surface area contributed by atoms with Gasteiger partial charge in [0.15, 0.2) is 0 Å². The molecule has 1 aliphatic rings. The minimum Gasteiger partial charge on any atom is -0.325 e. The molecule has 1 aliphatic heterocycles. The number of nitro groups is 1. The van der Waals surface area contributed by atoms with Crippen molar-refractivity contribution in [3.63, 3.8) is 0 Å². The second-order valence-corrected chi connectivity index (χ2v) is 8.59. The number of imide groups is 1. The third-order valence-electron chi connectivity index (χ3n) is 4.72. The first-order valence-electron chi connectivity index (χ1n) is 9.51. The largest absolute Gasteiger partial charge is 0.325 e. The molecule has 0 aliphatic carbocycles. The SMILES string of the molecule is O=C(CN1C(=O)c2cccc([N+](=O)[O-])c2C1=O)Nc1ccc(S(=O)(=O)Nc2ncccn2)cc1. The van der Waals surface area contributed by atoms with Crippen LogP contribution in [0.25, 0.3) is 0 Å². The summed E-state index contributed by atoms with van der Waals surface area (Å²) in [5, 5.41) is 13.6. The zero-order valence-corrected chi connectivity index (χ0v) is 17.9. The van der Waals surface area contributed by atoms with Crippen LogP contribution in [0.4, 0.5) is 17.3 Å². The van der Waals surface area contributed by atoms with Gasteiger partial charge >= 0.3 is 0 Å². The van der Waals surface area contributed by atoms with Gasteiger partial charge in [0.25, 0.3) is 27.5 Å². The van der Waals surface area contributed by atoms with E-state index in [1.54, 1.807) is 0 Å². The third kappa shape index (κ3) is 4.29. The normalized spacial score (nSPS) is 12.9. The fraction of sp³-hybridized carbons (Fsp3) is 0.0500. The molecule has 172 valence electrons. The number of carbonyl (C=O) groups excluding carboxylic acids is 3. The molecule has 3 amide bonds. The van der Waals surface area contributed by atoms with Crippen molar-refractivity contribution in [2.24, 2.45) is 0 Å². The zero-order valence-electron chi connectivity index (χ0n) is 17.0. The van der Waals surface area contributed by atoms with Crippen LogP contribution in [-0.4, -0.2) is 52.5 Å². The Labute approximate surface area is 191 Å². The van der Waals surface area contributed by atoms with Crippen LogP contribution in [0.2, 0.25) is 0 Å². The van der Waals surface area contributed by atoms with Crippen LogP contribution in [0, 0.1) is 10.1 Å². The number of nitrogens with one attached hydrogen (secondary N) is 2. The highest BCUT2D eigenvalue weighted by Crippen LogP contribution is 2.30. The van der Waals surface area contributed by atoms with Crippen molar-refractivity contribution in [1.82, 2.24) is 14.9 Å². The number of amides is 3. The molecule has 1 aromatic heterocycles. The second-order valence-electron chi connectivity index (χ2n) is 6.90. The quantitative estimate of drug-likeness (QED) is 0.286. The lowest BCUT2D eigenvalue weighted by molar-refractivity contribution is -0.385. The third-order valence-corrected chi connectivity index (χ3v) is 6.06. The van der Waals surface area contributed by atoms with Crippen molar-refractivity contribution in [3.05, 3.63) is 82.2 Å². The Bertz CT molecular complexity index is 1430. The number of sulfonamides is 1. The Morgan fingerprint density at radius 3 is 2.32 bits per heavy atom. The predicted molar refractivity (Wildman–Crippen MR) is 116 cm³/mol. The summed E-state index contributed by atoms with van der Waals surface area (Å²) in [5.41, 5.74) is -0.848. The van der Waals surface area contributed by atoms with Gasteiger partial charge in [-0.15, -0.1) is 0 Å². The number of carbonyl (C=O) groups is 3. The van der Waals surface area contributed by atoms with E-state index in [1.165, 1.54) is 54.9 Å². The molecule has 0 saturated heterocycles. The van der Waals surface area contributed by atoms with Gasteiger partial charge in [-0.25, -0.2) is 23.1 Å². The topological polar surface area (TPSA) is 182 Å². The Morgan fingerprint density at radius 2 is 1.68 bits per heavy atom. The van der Waals surface area contributed by atoms with E-state index in [-0.39, 0.29) is 27.7 Å². The van der Waals surface area contributed by atoms with Gasteiger partial charge in [0.1, 0.15) is 12.1 Å². The molecule has 2 aromatic carbocycles. The summed E-state index contributed by atoms with van der Waals surface area (Å²) in [4.78, 5) is 55.9. The van der Waals surface area contributed by atoms with Gasteiger partial charge in [-0.3, -0.25) is 29.4 Å². The molecular formula is C20H14N6O7S. The van der Waals surface area contributed by atoms with E-state index in [1.807, 2.05) is 0 Å². The van der Waals surface area contributed by atoms with Crippen molar-refractivity contribution >= 4 is 45.1 Å². The Hall–Kier alpha value is -4.72. The predicted octanol–water partition coefficient (Wildman–Crippen LogP) is 1.42. The summed E-state index contributed by atoms with van der Waals surface area (Å²) in [6.45, 7) is -0.684. The summed E-state index contributed by atoms with van der Waals surface area (Å²) >= 11 is 0. The summed E-state index contributed by atoms with van der Waals surface area (Å²) < 4.78 is 27.0. The Kier molecular flexibility index (Phi) is 5.73. The van der Waals surface area contributed by atoms with Crippen molar-refractivity contribution in [2.75, 3.05) is 16.6 Å². The molecular weight excluding hydrogens is 468 g/mol. The molecule has 0 spiro atoms. The summed E-state index contributed by atoms with van der Waals surface area (Å²) in [6, 6.07) is 10.3. The minimum absolute atomic E-state index is 0.110. The van der Waals surface area contributed by atoms with Gasteiger partial charge in [-0.1, -0.05) is 6.07 Å². The highest BCUT2D eigenvalue weighted by molar-refractivity contribution is 7.92. The minimum atomic E-state index is -3.97.